The molecule has 1 aromatic heterocycles. The molecule has 0 aliphatic rings. The predicted molar refractivity (Wildman–Crippen MR) is 42.8 cm³/mol. The molecule has 0 saturated carbocycles. The van der Waals surface area contributed by atoms with Crippen LogP contribution in [0.4, 0.5) is 0 Å². The van der Waals surface area contributed by atoms with E-state index in [1.165, 1.54) is 13.2 Å². The minimum Gasteiger partial charge on any atom is -0.487 e. The maximum atomic E-state index is 10.8. The van der Waals surface area contributed by atoms with E-state index in [0.717, 1.165) is 11.3 Å². The quantitative estimate of drug-likeness (QED) is 0.565. The lowest BCUT2D eigenvalue weighted by molar-refractivity contribution is -0.131. The summed E-state index contributed by atoms with van der Waals surface area (Å²) in [6, 6.07) is 2.99. The van der Waals surface area contributed by atoms with Crippen molar-refractivity contribution in [3.63, 3.8) is 0 Å². The maximum Gasteiger partial charge on any atom is 0.378 e. The maximum absolute atomic E-state index is 10.8. The Morgan fingerprint density at radius 1 is 1.50 bits per heavy atom. The molecule has 1 heterocycles. The SMILES string of the molecule is COc1ccc(C(=O)C(=O)O)s1. The molecule has 4 nitrogen and oxygen atoms in total. The molecule has 0 amide bonds. The Balaban J connectivity index is 2.89. The van der Waals surface area contributed by atoms with Crippen LogP contribution in [0.1, 0.15) is 9.67 Å². The first kappa shape index (κ1) is 8.73. The number of hydrogen-bond acceptors (Lipinski definition) is 4. The van der Waals surface area contributed by atoms with E-state index in [4.69, 9.17) is 9.84 Å². The number of carbonyl (C=O) groups is 2. The average Bonchev–Trinajstić information content (AvgIpc) is 2.50. The molecule has 0 unspecified atom stereocenters. The largest absolute Gasteiger partial charge is 0.487 e. The minimum absolute atomic E-state index is 0.180. The van der Waals surface area contributed by atoms with Gasteiger partial charge in [0.05, 0.1) is 12.0 Å². The fourth-order valence-corrected chi connectivity index (χ4v) is 1.41. The van der Waals surface area contributed by atoms with Crippen molar-refractivity contribution >= 4 is 23.1 Å². The summed E-state index contributed by atoms with van der Waals surface area (Å²) in [5, 5.41) is 8.86. The molecule has 5 heteroatoms. The van der Waals surface area contributed by atoms with Gasteiger partial charge in [0.2, 0.25) is 0 Å². The van der Waals surface area contributed by atoms with Crippen molar-refractivity contribution in [3.05, 3.63) is 17.0 Å². The van der Waals surface area contributed by atoms with Crippen LogP contribution >= 0.6 is 11.3 Å². The van der Waals surface area contributed by atoms with Gasteiger partial charge in [-0.1, -0.05) is 11.3 Å². The highest BCUT2D eigenvalue weighted by atomic mass is 32.1. The van der Waals surface area contributed by atoms with E-state index in [9.17, 15) is 9.59 Å². The number of ether oxygens (including phenoxy) is 1. The van der Waals surface area contributed by atoms with Gasteiger partial charge in [0.15, 0.2) is 5.06 Å². The van der Waals surface area contributed by atoms with E-state index in [-0.39, 0.29) is 4.88 Å². The fourth-order valence-electron chi connectivity index (χ4n) is 0.657. The lowest BCUT2D eigenvalue weighted by atomic mass is 10.3. The average molecular weight is 186 g/mol. The van der Waals surface area contributed by atoms with Gasteiger partial charge in [-0.15, -0.1) is 0 Å². The van der Waals surface area contributed by atoms with Crippen LogP contribution in [0, 0.1) is 0 Å². The van der Waals surface area contributed by atoms with Crippen molar-refractivity contribution < 1.29 is 19.4 Å². The lowest BCUT2D eigenvalue weighted by Crippen LogP contribution is -2.10. The molecule has 0 aliphatic heterocycles. The van der Waals surface area contributed by atoms with Gasteiger partial charge in [-0.05, 0) is 12.1 Å². The third-order valence-corrected chi connectivity index (χ3v) is 2.25. The van der Waals surface area contributed by atoms with Gasteiger partial charge in [0.1, 0.15) is 0 Å². The summed E-state index contributed by atoms with van der Waals surface area (Å²) in [5.74, 6) is -2.34. The number of thiophene rings is 1. The lowest BCUT2D eigenvalue weighted by Gasteiger charge is -1.89. The van der Waals surface area contributed by atoms with Crippen molar-refractivity contribution in [2.24, 2.45) is 0 Å². The summed E-state index contributed by atoms with van der Waals surface area (Å²) in [5.41, 5.74) is 0. The highest BCUT2D eigenvalue weighted by molar-refractivity contribution is 7.16. The first-order chi connectivity index (χ1) is 5.65. The van der Waals surface area contributed by atoms with Gasteiger partial charge >= 0.3 is 5.97 Å². The number of carboxylic acid groups (broad SMARTS) is 1. The molecule has 0 aliphatic carbocycles. The van der Waals surface area contributed by atoms with E-state index < -0.39 is 11.8 Å². The highest BCUT2D eigenvalue weighted by Crippen LogP contribution is 2.23. The number of ketones is 1. The van der Waals surface area contributed by atoms with Crippen LogP contribution in [0.25, 0.3) is 0 Å². The molecule has 1 rings (SSSR count). The number of aliphatic carboxylic acids is 1. The molecule has 0 aromatic carbocycles. The number of methoxy groups -OCH3 is 1. The van der Waals surface area contributed by atoms with Crippen LogP contribution < -0.4 is 4.74 Å². The molecule has 0 radical (unpaired) electrons. The van der Waals surface area contributed by atoms with Crippen LogP contribution in [0.15, 0.2) is 12.1 Å². The number of carbonyl (C=O) groups excluding carboxylic acids is 1. The van der Waals surface area contributed by atoms with E-state index in [1.807, 2.05) is 0 Å². The predicted octanol–water partition coefficient (Wildman–Crippen LogP) is 1.02. The summed E-state index contributed by atoms with van der Waals surface area (Å²) in [6.45, 7) is 0. The van der Waals surface area contributed by atoms with Crippen LogP contribution in [0.5, 0.6) is 5.06 Å². The van der Waals surface area contributed by atoms with E-state index in [1.54, 1.807) is 6.07 Å². The molecular weight excluding hydrogens is 180 g/mol. The molecule has 0 saturated heterocycles. The Morgan fingerprint density at radius 2 is 2.17 bits per heavy atom. The normalized spacial score (nSPS) is 9.42. The molecule has 0 spiro atoms. The summed E-state index contributed by atoms with van der Waals surface area (Å²) in [4.78, 5) is 21.2. The fraction of sp³-hybridized carbons (Fsp3) is 0.143. The molecule has 1 N–H and O–H groups in total. The first-order valence-corrected chi connectivity index (χ1v) is 3.88. The first-order valence-electron chi connectivity index (χ1n) is 3.06. The van der Waals surface area contributed by atoms with Crippen molar-refractivity contribution in [2.45, 2.75) is 0 Å². The van der Waals surface area contributed by atoms with Crippen molar-refractivity contribution in [1.82, 2.24) is 0 Å². The second-order valence-corrected chi connectivity index (χ2v) is 3.00. The summed E-state index contributed by atoms with van der Waals surface area (Å²) in [6.07, 6.45) is 0. The third kappa shape index (κ3) is 1.62. The van der Waals surface area contributed by atoms with E-state index in [0.29, 0.717) is 5.06 Å². The number of hydrogen-bond donors (Lipinski definition) is 1. The van der Waals surface area contributed by atoms with Crippen LogP contribution in [-0.2, 0) is 4.79 Å². The van der Waals surface area contributed by atoms with Crippen LogP contribution in [0.3, 0.4) is 0 Å². The van der Waals surface area contributed by atoms with Gasteiger partial charge in [0.25, 0.3) is 5.78 Å². The van der Waals surface area contributed by atoms with Crippen molar-refractivity contribution in [3.8, 4) is 5.06 Å². The number of rotatable bonds is 3. The van der Waals surface area contributed by atoms with Crippen molar-refractivity contribution in [1.29, 1.82) is 0 Å². The molecule has 0 bridgehead atoms. The van der Waals surface area contributed by atoms with E-state index >= 15 is 0 Å². The Kier molecular flexibility index (Phi) is 2.44. The molecular formula is C7H6O4S. The highest BCUT2D eigenvalue weighted by Gasteiger charge is 2.16. The Hall–Kier alpha value is -1.36. The molecule has 64 valence electrons. The molecule has 0 atom stereocenters. The number of carboxylic acids is 1. The zero-order valence-corrected chi connectivity index (χ0v) is 7.05. The van der Waals surface area contributed by atoms with Gasteiger partial charge in [-0.25, -0.2) is 4.79 Å². The zero-order chi connectivity index (χ0) is 9.14. The van der Waals surface area contributed by atoms with Gasteiger partial charge in [-0.3, -0.25) is 4.79 Å². The van der Waals surface area contributed by atoms with Gasteiger partial charge in [-0.2, -0.15) is 0 Å². The minimum atomic E-state index is -1.44. The summed E-state index contributed by atoms with van der Waals surface area (Å²) in [7, 11) is 1.46. The van der Waals surface area contributed by atoms with Gasteiger partial charge < -0.3 is 9.84 Å². The molecule has 1 aromatic rings. The van der Waals surface area contributed by atoms with Crippen LogP contribution in [0.2, 0.25) is 0 Å². The third-order valence-electron chi connectivity index (χ3n) is 1.20. The van der Waals surface area contributed by atoms with Gasteiger partial charge in [0, 0.05) is 0 Å². The zero-order valence-electron chi connectivity index (χ0n) is 6.23. The summed E-state index contributed by atoms with van der Waals surface area (Å²) < 4.78 is 4.80. The molecule has 12 heavy (non-hydrogen) atoms. The topological polar surface area (TPSA) is 63.6 Å². The second-order valence-electron chi connectivity index (χ2n) is 1.96. The van der Waals surface area contributed by atoms with Crippen molar-refractivity contribution in [2.75, 3.05) is 7.11 Å². The monoisotopic (exact) mass is 186 g/mol. The summed E-state index contributed by atoms with van der Waals surface area (Å²) >= 11 is 1.02. The standard InChI is InChI=1S/C7H6O4S/c1-11-5-3-2-4(12-5)6(8)7(9)10/h2-3H,1H3,(H,9,10). The van der Waals surface area contributed by atoms with Crippen LogP contribution in [-0.4, -0.2) is 24.0 Å². The molecule has 0 fully saturated rings. The smallest absolute Gasteiger partial charge is 0.378 e. The Bertz CT molecular complexity index is 315. The van der Waals surface area contributed by atoms with E-state index in [2.05, 4.69) is 0 Å². The Morgan fingerprint density at radius 3 is 2.58 bits per heavy atom. The second kappa shape index (κ2) is 3.36. The Labute approximate surface area is 72.4 Å². The number of Topliss-reactive ketones (excluding diaryl/α,β-unsaturated/α-hetero) is 1.